The molecule has 0 fully saturated rings. The van der Waals surface area contributed by atoms with Crippen molar-refractivity contribution in [3.63, 3.8) is 0 Å². The van der Waals surface area contributed by atoms with Gasteiger partial charge >= 0.3 is 0 Å². The second-order valence-corrected chi connectivity index (χ2v) is 6.77. The van der Waals surface area contributed by atoms with Crippen molar-refractivity contribution < 1.29 is 29.8 Å². The number of rotatable bonds is 10. The van der Waals surface area contributed by atoms with Crippen molar-refractivity contribution in [1.82, 2.24) is 16.1 Å². The summed E-state index contributed by atoms with van der Waals surface area (Å²) in [5.74, 6) is -1.72. The number of hydrogen-bond acceptors (Lipinski definition) is 7. The van der Waals surface area contributed by atoms with Gasteiger partial charge in [-0.05, 0) is 42.3 Å². The van der Waals surface area contributed by atoms with Crippen LogP contribution in [0.2, 0.25) is 0 Å². The quantitative estimate of drug-likeness (QED) is 0.157. The first kappa shape index (κ1) is 24.0. The zero-order valence-electron chi connectivity index (χ0n) is 17.0. The summed E-state index contributed by atoms with van der Waals surface area (Å²) < 4.78 is 0. The Morgan fingerprint density at radius 3 is 2.06 bits per heavy atom. The van der Waals surface area contributed by atoms with Gasteiger partial charge in [0.1, 0.15) is 6.04 Å². The summed E-state index contributed by atoms with van der Waals surface area (Å²) in [5.41, 5.74) is 4.01. The van der Waals surface area contributed by atoms with E-state index in [9.17, 15) is 19.5 Å². The minimum Gasteiger partial charge on any atom is -0.395 e. The molecule has 0 aliphatic rings. The smallest absolute Gasteiger partial charge is 0.268 e. The van der Waals surface area contributed by atoms with Crippen LogP contribution < -0.4 is 21.4 Å². The van der Waals surface area contributed by atoms with E-state index in [-0.39, 0.29) is 24.6 Å². The zero-order chi connectivity index (χ0) is 22.8. The van der Waals surface area contributed by atoms with Gasteiger partial charge in [0.15, 0.2) is 0 Å². The number of anilines is 1. The molecule has 0 unspecified atom stereocenters. The van der Waals surface area contributed by atoms with Crippen LogP contribution >= 0.6 is 0 Å². The van der Waals surface area contributed by atoms with Crippen LogP contribution in [0.15, 0.2) is 48.5 Å². The van der Waals surface area contributed by atoms with Crippen molar-refractivity contribution in [2.75, 3.05) is 25.0 Å². The molecule has 2 rings (SSSR count). The third kappa shape index (κ3) is 7.15. The van der Waals surface area contributed by atoms with Gasteiger partial charge in [0.2, 0.25) is 5.91 Å². The summed E-state index contributed by atoms with van der Waals surface area (Å²) in [6.45, 7) is 1.72. The SMILES string of the molecule is C[C@@H](O)[C@H](NC(=O)c1ccc(-c2ccc(NC(=O)CNCCO)cc2)cc1)C(=O)NO. The molecule has 0 aliphatic heterocycles. The van der Waals surface area contributed by atoms with Gasteiger partial charge in [-0.25, -0.2) is 5.48 Å². The fourth-order valence-corrected chi connectivity index (χ4v) is 2.75. The average molecular weight is 430 g/mol. The Balaban J connectivity index is 2.00. The highest BCUT2D eigenvalue weighted by molar-refractivity contribution is 5.98. The second kappa shape index (κ2) is 11.8. The van der Waals surface area contributed by atoms with Crippen LogP contribution in [-0.2, 0) is 9.59 Å². The first-order chi connectivity index (χ1) is 14.8. The molecule has 0 saturated heterocycles. The van der Waals surface area contributed by atoms with Crippen molar-refractivity contribution in [1.29, 1.82) is 0 Å². The Kier molecular flexibility index (Phi) is 9.10. The lowest BCUT2D eigenvalue weighted by molar-refractivity contribution is -0.133. The number of amides is 3. The van der Waals surface area contributed by atoms with Gasteiger partial charge in [-0.3, -0.25) is 19.6 Å². The Labute approximate surface area is 179 Å². The van der Waals surface area contributed by atoms with Crippen LogP contribution in [-0.4, -0.2) is 65.0 Å². The average Bonchev–Trinajstić information content (AvgIpc) is 2.77. The molecule has 10 heteroatoms. The van der Waals surface area contributed by atoms with Crippen LogP contribution in [0.25, 0.3) is 11.1 Å². The molecule has 0 aromatic heterocycles. The largest absolute Gasteiger partial charge is 0.395 e. The van der Waals surface area contributed by atoms with E-state index in [0.29, 0.717) is 12.2 Å². The molecule has 166 valence electrons. The molecule has 7 N–H and O–H groups in total. The highest BCUT2D eigenvalue weighted by Crippen LogP contribution is 2.22. The number of carbonyl (C=O) groups excluding carboxylic acids is 3. The van der Waals surface area contributed by atoms with E-state index >= 15 is 0 Å². The molecule has 2 aromatic carbocycles. The van der Waals surface area contributed by atoms with Crippen molar-refractivity contribution >= 4 is 23.4 Å². The van der Waals surface area contributed by atoms with Crippen molar-refractivity contribution in [2.45, 2.75) is 19.1 Å². The molecule has 0 saturated carbocycles. The van der Waals surface area contributed by atoms with Crippen LogP contribution in [0.1, 0.15) is 17.3 Å². The summed E-state index contributed by atoms with van der Waals surface area (Å²) in [6, 6.07) is 12.4. The van der Waals surface area contributed by atoms with E-state index in [1.54, 1.807) is 36.4 Å². The number of aliphatic hydroxyl groups is 2. The van der Waals surface area contributed by atoms with E-state index < -0.39 is 24.0 Å². The zero-order valence-corrected chi connectivity index (χ0v) is 17.0. The molecule has 0 spiro atoms. The molecule has 3 amide bonds. The van der Waals surface area contributed by atoms with Gasteiger partial charge in [0.25, 0.3) is 11.8 Å². The third-order valence-corrected chi connectivity index (χ3v) is 4.38. The predicted octanol–water partition coefficient (Wildman–Crippen LogP) is -0.141. The van der Waals surface area contributed by atoms with Crippen LogP contribution in [0.4, 0.5) is 5.69 Å². The molecule has 0 aliphatic carbocycles. The van der Waals surface area contributed by atoms with Crippen molar-refractivity contribution in [3.8, 4) is 11.1 Å². The Hall–Kier alpha value is -3.31. The van der Waals surface area contributed by atoms with Crippen molar-refractivity contribution in [2.24, 2.45) is 0 Å². The fourth-order valence-electron chi connectivity index (χ4n) is 2.75. The lowest BCUT2D eigenvalue weighted by atomic mass is 10.0. The Morgan fingerprint density at radius 1 is 0.968 bits per heavy atom. The Morgan fingerprint density at radius 2 is 1.55 bits per heavy atom. The second-order valence-electron chi connectivity index (χ2n) is 6.77. The number of nitrogens with one attached hydrogen (secondary N) is 4. The van der Waals surface area contributed by atoms with Gasteiger partial charge in [0.05, 0.1) is 19.3 Å². The molecule has 0 radical (unpaired) electrons. The molecule has 10 nitrogen and oxygen atoms in total. The first-order valence-corrected chi connectivity index (χ1v) is 9.60. The van der Waals surface area contributed by atoms with Gasteiger partial charge < -0.3 is 26.2 Å². The topological polar surface area (TPSA) is 160 Å². The molecule has 0 heterocycles. The molecule has 2 aromatic rings. The maximum Gasteiger partial charge on any atom is 0.268 e. The van der Waals surface area contributed by atoms with E-state index in [1.165, 1.54) is 12.4 Å². The van der Waals surface area contributed by atoms with Crippen LogP contribution in [0.3, 0.4) is 0 Å². The lowest BCUT2D eigenvalue weighted by Crippen LogP contribution is -2.51. The summed E-state index contributed by atoms with van der Waals surface area (Å²) in [6.07, 6.45) is -1.19. The van der Waals surface area contributed by atoms with Crippen LogP contribution in [0, 0.1) is 0 Å². The van der Waals surface area contributed by atoms with Gasteiger partial charge in [0, 0.05) is 17.8 Å². The van der Waals surface area contributed by atoms with E-state index in [1.807, 2.05) is 12.1 Å². The highest BCUT2D eigenvalue weighted by Gasteiger charge is 2.25. The molecule has 2 atom stereocenters. The van der Waals surface area contributed by atoms with E-state index in [2.05, 4.69) is 16.0 Å². The Bertz CT molecular complexity index is 884. The van der Waals surface area contributed by atoms with Crippen LogP contribution in [0.5, 0.6) is 0 Å². The number of benzene rings is 2. The molecule has 31 heavy (non-hydrogen) atoms. The summed E-state index contributed by atoms with van der Waals surface area (Å²) in [7, 11) is 0. The molecular weight excluding hydrogens is 404 g/mol. The van der Waals surface area contributed by atoms with Crippen molar-refractivity contribution in [3.05, 3.63) is 54.1 Å². The number of hydroxylamine groups is 1. The molecular formula is C21H26N4O6. The fraction of sp³-hybridized carbons (Fsp3) is 0.286. The summed E-state index contributed by atoms with van der Waals surface area (Å²) in [5, 5.41) is 34.9. The highest BCUT2D eigenvalue weighted by atomic mass is 16.5. The standard InChI is InChI=1S/C21H26N4O6/c1-13(27)19(21(30)25-31)24-20(29)16-4-2-14(3-5-16)15-6-8-17(9-7-15)23-18(28)12-22-10-11-26/h2-9,13,19,22,26-27,31H,10-12H2,1H3,(H,23,28)(H,24,29)(H,25,30)/t13-,19+/m1/s1. The maximum atomic E-state index is 12.3. The number of aliphatic hydroxyl groups excluding tert-OH is 2. The molecule has 0 bridgehead atoms. The lowest BCUT2D eigenvalue weighted by Gasteiger charge is -2.19. The predicted molar refractivity (Wildman–Crippen MR) is 113 cm³/mol. The first-order valence-electron chi connectivity index (χ1n) is 9.60. The van der Waals surface area contributed by atoms with Gasteiger partial charge in [-0.1, -0.05) is 24.3 Å². The summed E-state index contributed by atoms with van der Waals surface area (Å²) >= 11 is 0. The monoisotopic (exact) mass is 430 g/mol. The third-order valence-electron chi connectivity index (χ3n) is 4.38. The minimum absolute atomic E-state index is 0.0401. The van der Waals surface area contributed by atoms with E-state index in [0.717, 1.165) is 11.1 Å². The van der Waals surface area contributed by atoms with E-state index in [4.69, 9.17) is 10.3 Å². The minimum atomic E-state index is -1.29. The normalized spacial score (nSPS) is 12.5. The maximum absolute atomic E-state index is 12.3. The van der Waals surface area contributed by atoms with Gasteiger partial charge in [-0.2, -0.15) is 0 Å². The number of carbonyl (C=O) groups is 3. The summed E-state index contributed by atoms with van der Waals surface area (Å²) in [4.78, 5) is 35.6. The number of hydrogen-bond donors (Lipinski definition) is 7. The van der Waals surface area contributed by atoms with Gasteiger partial charge in [-0.15, -0.1) is 0 Å².